The van der Waals surface area contributed by atoms with Crippen LogP contribution in [0.4, 0.5) is 0 Å². The van der Waals surface area contributed by atoms with Gasteiger partial charge in [0.25, 0.3) is 0 Å². The van der Waals surface area contributed by atoms with Gasteiger partial charge in [0.1, 0.15) is 11.5 Å². The molecule has 0 aliphatic heterocycles. The fourth-order valence-corrected chi connectivity index (χ4v) is 3.45. The molecule has 37 heavy (non-hydrogen) atoms. The van der Waals surface area contributed by atoms with E-state index < -0.39 is 11.9 Å². The van der Waals surface area contributed by atoms with Gasteiger partial charge in [0.2, 0.25) is 13.6 Å². The molecule has 0 heterocycles. The smallest absolute Gasteiger partial charge is 0.333 e. The average Bonchev–Trinajstić information content (AvgIpc) is 2.92. The molecule has 3 rings (SSSR count). The molecule has 0 atom stereocenters. The predicted molar refractivity (Wildman–Crippen MR) is 144 cm³/mol. The van der Waals surface area contributed by atoms with Crippen LogP contribution in [-0.4, -0.2) is 25.5 Å². The summed E-state index contributed by atoms with van der Waals surface area (Å²) in [5.74, 6) is 0.0686. The van der Waals surface area contributed by atoms with E-state index in [1.165, 1.54) is 0 Å². The fourth-order valence-electron chi connectivity index (χ4n) is 3.45. The molecule has 0 aromatic heterocycles. The van der Waals surface area contributed by atoms with Crippen molar-refractivity contribution in [1.82, 2.24) is 0 Å². The highest BCUT2D eigenvalue weighted by Crippen LogP contribution is 2.30. The Kier molecular flexibility index (Phi) is 9.22. The molecule has 0 amide bonds. The molecule has 6 nitrogen and oxygen atoms in total. The van der Waals surface area contributed by atoms with Crippen LogP contribution in [0.1, 0.15) is 27.8 Å². The Hall–Kier alpha value is -4.84. The van der Waals surface area contributed by atoms with Gasteiger partial charge in [0.05, 0.1) is 0 Å². The Morgan fingerprint density at radius 3 is 1.54 bits per heavy atom. The molecule has 0 bridgehead atoms. The van der Waals surface area contributed by atoms with E-state index in [1.54, 1.807) is 24.3 Å². The van der Waals surface area contributed by atoms with Crippen LogP contribution in [0.15, 0.2) is 105 Å². The van der Waals surface area contributed by atoms with Gasteiger partial charge in [0.15, 0.2) is 0 Å². The third-order valence-corrected chi connectivity index (χ3v) is 5.49. The molecule has 0 fully saturated rings. The van der Waals surface area contributed by atoms with Crippen molar-refractivity contribution >= 4 is 23.1 Å². The minimum atomic E-state index is -0.540. The van der Waals surface area contributed by atoms with E-state index in [9.17, 15) is 9.59 Å². The van der Waals surface area contributed by atoms with Crippen LogP contribution >= 0.6 is 0 Å². The zero-order valence-corrected chi connectivity index (χ0v) is 20.7. The molecule has 3 aromatic rings. The first-order valence-corrected chi connectivity index (χ1v) is 11.4. The zero-order chi connectivity index (χ0) is 26.8. The summed E-state index contributed by atoms with van der Waals surface area (Å²) in [6.07, 6.45) is 2.16. The van der Waals surface area contributed by atoms with Crippen molar-refractivity contribution < 1.29 is 28.5 Å². The first kappa shape index (κ1) is 26.8. The van der Waals surface area contributed by atoms with Crippen LogP contribution in [0.3, 0.4) is 0 Å². The highest BCUT2D eigenvalue weighted by Gasteiger charge is 2.10. The van der Waals surface area contributed by atoms with E-state index in [4.69, 9.17) is 18.9 Å². The summed E-state index contributed by atoms with van der Waals surface area (Å²) in [5.41, 5.74) is 6.68. The lowest BCUT2D eigenvalue weighted by Crippen LogP contribution is -2.07. The molecule has 0 saturated carbocycles. The molecule has 6 heteroatoms. The second-order valence-corrected chi connectivity index (χ2v) is 7.89. The maximum absolute atomic E-state index is 11.1. The van der Waals surface area contributed by atoms with Crippen LogP contribution < -0.4 is 9.47 Å². The van der Waals surface area contributed by atoms with Gasteiger partial charge in [-0.3, -0.25) is 0 Å². The molecule has 0 aliphatic rings. The number of carbonyl (C=O) groups is 2. The van der Waals surface area contributed by atoms with Gasteiger partial charge in [0, 0.05) is 12.2 Å². The number of benzene rings is 3. The molecule has 0 aliphatic carbocycles. The standard InChI is InChI=1S/C31H28O6/c1-6-30(32)36-19-34-27-13-8-24(9-14-27)22(4)26-12-17-29(21(3)18-26)23(5)25-10-15-28(16-11-25)35-20-37-31(33)7-2/h6-18H,1-2,4-5,19-20H2,3H3. The molecule has 0 radical (unpaired) electrons. The van der Waals surface area contributed by atoms with Crippen molar-refractivity contribution in [3.8, 4) is 11.5 Å². The van der Waals surface area contributed by atoms with Gasteiger partial charge in [-0.2, -0.15) is 0 Å². The Bertz CT molecular complexity index is 1320. The summed E-state index contributed by atoms with van der Waals surface area (Å²) < 4.78 is 20.5. The van der Waals surface area contributed by atoms with Gasteiger partial charge in [-0.25, -0.2) is 9.59 Å². The quantitative estimate of drug-likeness (QED) is 0.168. The van der Waals surface area contributed by atoms with Crippen LogP contribution in [0.25, 0.3) is 11.1 Å². The Morgan fingerprint density at radius 2 is 1.11 bits per heavy atom. The van der Waals surface area contributed by atoms with E-state index in [1.807, 2.05) is 43.3 Å². The summed E-state index contributed by atoms with van der Waals surface area (Å²) in [6, 6.07) is 20.9. The van der Waals surface area contributed by atoms with Crippen molar-refractivity contribution in [1.29, 1.82) is 0 Å². The van der Waals surface area contributed by atoms with Crippen molar-refractivity contribution in [2.45, 2.75) is 6.92 Å². The fraction of sp³-hybridized carbons (Fsp3) is 0.0968. The SMILES string of the molecule is C=CC(=O)OCOc1ccc(C(=C)c2ccc(C(=C)c3ccc(OCOC(=O)C=C)cc3)c(C)c2)cc1. The lowest BCUT2D eigenvalue weighted by Gasteiger charge is -2.14. The minimum Gasteiger partial charge on any atom is -0.457 e. The highest BCUT2D eigenvalue weighted by atomic mass is 16.7. The van der Waals surface area contributed by atoms with Crippen molar-refractivity contribution in [3.05, 3.63) is 133 Å². The average molecular weight is 497 g/mol. The van der Waals surface area contributed by atoms with E-state index in [-0.39, 0.29) is 13.6 Å². The summed E-state index contributed by atoms with van der Waals surface area (Å²) in [7, 11) is 0. The third-order valence-electron chi connectivity index (χ3n) is 5.49. The summed E-state index contributed by atoms with van der Waals surface area (Å²) in [4.78, 5) is 22.2. The summed E-state index contributed by atoms with van der Waals surface area (Å²) >= 11 is 0. The van der Waals surface area contributed by atoms with Crippen molar-refractivity contribution in [2.24, 2.45) is 0 Å². The molecule has 0 spiro atoms. The van der Waals surface area contributed by atoms with Crippen LogP contribution in [0.5, 0.6) is 11.5 Å². The minimum absolute atomic E-state index is 0.184. The maximum Gasteiger partial charge on any atom is 0.333 e. The largest absolute Gasteiger partial charge is 0.457 e. The highest BCUT2D eigenvalue weighted by molar-refractivity contribution is 5.84. The monoisotopic (exact) mass is 496 g/mol. The lowest BCUT2D eigenvalue weighted by molar-refractivity contribution is -0.145. The number of aryl methyl sites for hydroxylation is 1. The number of esters is 2. The molecule has 3 aromatic carbocycles. The molecule has 0 N–H and O–H groups in total. The molecule has 0 saturated heterocycles. The van der Waals surface area contributed by atoms with Gasteiger partial charge in [-0.15, -0.1) is 0 Å². The van der Waals surface area contributed by atoms with Crippen LogP contribution in [-0.2, 0) is 19.1 Å². The number of hydrogen-bond acceptors (Lipinski definition) is 6. The summed E-state index contributed by atoms with van der Waals surface area (Å²) in [5, 5.41) is 0. The topological polar surface area (TPSA) is 71.1 Å². The zero-order valence-electron chi connectivity index (χ0n) is 20.7. The Morgan fingerprint density at radius 1 is 0.676 bits per heavy atom. The van der Waals surface area contributed by atoms with E-state index in [2.05, 4.69) is 32.4 Å². The summed E-state index contributed by atoms with van der Waals surface area (Å²) in [6.45, 7) is 16.9. The number of hydrogen-bond donors (Lipinski definition) is 0. The first-order chi connectivity index (χ1) is 17.8. The number of carbonyl (C=O) groups excluding carboxylic acids is 2. The molecular weight excluding hydrogens is 468 g/mol. The second kappa shape index (κ2) is 12.7. The second-order valence-electron chi connectivity index (χ2n) is 7.89. The van der Waals surface area contributed by atoms with Crippen LogP contribution in [0.2, 0.25) is 0 Å². The maximum atomic E-state index is 11.1. The Balaban J connectivity index is 1.63. The number of ether oxygens (including phenoxy) is 4. The lowest BCUT2D eigenvalue weighted by atomic mass is 9.91. The van der Waals surface area contributed by atoms with Gasteiger partial charge in [-0.05, 0) is 70.2 Å². The van der Waals surface area contributed by atoms with E-state index >= 15 is 0 Å². The van der Waals surface area contributed by atoms with Gasteiger partial charge < -0.3 is 18.9 Å². The van der Waals surface area contributed by atoms with E-state index in [0.29, 0.717) is 11.5 Å². The van der Waals surface area contributed by atoms with Crippen molar-refractivity contribution in [2.75, 3.05) is 13.6 Å². The number of rotatable bonds is 12. The third kappa shape index (κ3) is 7.32. The van der Waals surface area contributed by atoms with E-state index in [0.717, 1.165) is 51.1 Å². The van der Waals surface area contributed by atoms with Crippen molar-refractivity contribution in [3.63, 3.8) is 0 Å². The molecule has 0 unspecified atom stereocenters. The molecule has 188 valence electrons. The van der Waals surface area contributed by atoms with Crippen LogP contribution in [0, 0.1) is 6.92 Å². The Labute approximate surface area is 216 Å². The first-order valence-electron chi connectivity index (χ1n) is 11.4. The predicted octanol–water partition coefficient (Wildman–Crippen LogP) is 6.25. The van der Waals surface area contributed by atoms with Gasteiger partial charge >= 0.3 is 11.9 Å². The normalized spacial score (nSPS) is 10.1. The molecular formula is C31H28O6. The van der Waals surface area contributed by atoms with Gasteiger partial charge in [-0.1, -0.05) is 68.8 Å².